The number of pyridine rings is 2. The van der Waals surface area contributed by atoms with Crippen LogP contribution in [0.4, 0.5) is 0 Å². The molecule has 33 heavy (non-hydrogen) atoms. The average Bonchev–Trinajstić information content (AvgIpc) is 3.19. The third-order valence-electron chi connectivity index (χ3n) is 5.81. The Morgan fingerprint density at radius 2 is 2.03 bits per heavy atom. The van der Waals surface area contributed by atoms with Crippen LogP contribution in [-0.2, 0) is 38.6 Å². The maximum Gasteiger partial charge on any atom is 0.352 e. The van der Waals surface area contributed by atoms with Crippen LogP contribution >= 0.6 is 0 Å². The molecule has 1 atom stereocenters. The van der Waals surface area contributed by atoms with Crippen LogP contribution in [0, 0.1) is 0 Å². The van der Waals surface area contributed by atoms with Gasteiger partial charge in [0.1, 0.15) is 12.4 Å². The van der Waals surface area contributed by atoms with E-state index in [0.717, 1.165) is 16.5 Å². The van der Waals surface area contributed by atoms with Crippen LogP contribution in [0.15, 0.2) is 29.1 Å². The summed E-state index contributed by atoms with van der Waals surface area (Å²) in [6.07, 6.45) is -0.656. The Labute approximate surface area is 189 Å². The molecule has 2 aliphatic heterocycles. The lowest BCUT2D eigenvalue weighted by atomic mass is 9.97. The van der Waals surface area contributed by atoms with E-state index in [4.69, 9.17) is 20.2 Å². The lowest BCUT2D eigenvalue weighted by Gasteiger charge is -2.24. The van der Waals surface area contributed by atoms with Crippen LogP contribution in [0.25, 0.3) is 22.3 Å². The number of hydrogen-bond acceptors (Lipinski definition) is 8. The number of nitrogens with zero attached hydrogens (tertiary/aromatic N) is 2. The Bertz CT molecular complexity index is 1340. The van der Waals surface area contributed by atoms with Gasteiger partial charge in [-0.25, -0.2) is 9.78 Å². The molecule has 3 N–H and O–H groups in total. The molecule has 3 aromatic rings. The van der Waals surface area contributed by atoms with Crippen molar-refractivity contribution in [2.45, 2.75) is 46.4 Å². The summed E-state index contributed by atoms with van der Waals surface area (Å²) in [5.74, 6) is -1.37. The maximum atomic E-state index is 13.3. The summed E-state index contributed by atoms with van der Waals surface area (Å²) in [4.78, 5) is 42.0. The molecule has 172 valence electrons. The fourth-order valence-electron chi connectivity index (χ4n) is 4.38. The number of esters is 2. The minimum absolute atomic E-state index is 0.146. The molecule has 2 aromatic heterocycles. The Kier molecular flexibility index (Phi) is 5.90. The first-order valence-corrected chi connectivity index (χ1v) is 10.9. The smallest absolute Gasteiger partial charge is 0.352 e. The molecule has 2 aliphatic rings. The number of aryl methyl sites for hydroxylation is 1. The molecule has 0 unspecified atom stereocenters. The fraction of sp³-hybridized carbons (Fsp3) is 0.333. The van der Waals surface area contributed by atoms with E-state index >= 15 is 0 Å². The van der Waals surface area contributed by atoms with Gasteiger partial charge in [-0.15, -0.1) is 0 Å². The van der Waals surface area contributed by atoms with E-state index in [1.165, 1.54) is 0 Å². The molecule has 0 saturated heterocycles. The number of hydrogen-bond donors (Lipinski definition) is 2. The van der Waals surface area contributed by atoms with Gasteiger partial charge < -0.3 is 24.9 Å². The quantitative estimate of drug-likeness (QED) is 0.453. The molecule has 0 bridgehead atoms. The molecule has 9 nitrogen and oxygen atoms in total. The molecular weight excluding hydrogens is 426 g/mol. The van der Waals surface area contributed by atoms with Gasteiger partial charge in [0, 0.05) is 16.5 Å². The zero-order valence-corrected chi connectivity index (χ0v) is 18.7. The van der Waals surface area contributed by atoms with E-state index in [9.17, 15) is 19.5 Å². The number of carbonyl (C=O) groups excluding carboxylic acids is 2. The van der Waals surface area contributed by atoms with Crippen LogP contribution in [-0.4, -0.2) is 33.1 Å². The Morgan fingerprint density at radius 1 is 1.27 bits per heavy atom. The number of benzene rings is 1. The van der Waals surface area contributed by atoms with Gasteiger partial charge >= 0.3 is 11.9 Å². The van der Waals surface area contributed by atoms with E-state index in [1.807, 2.05) is 20.8 Å². The van der Waals surface area contributed by atoms with Crippen molar-refractivity contribution in [2.75, 3.05) is 6.54 Å². The number of cyclic esters (lactones) is 1. The standard InChI is InChI=1S/C22H19N3O6.C2H6/c1-2-11-12-5-10(26)3-4-16(12)24-19-14(11)8-25-17(19)6-13-15(21(25)28)9-30-22(29)20(13)31-18(27)7-23;1-2/h3-6,20,26H,2,7-9,23H2,1H3;1-2H3/t20-;/m0./s1. The number of phenolic OH excluding ortho intramolecular Hbond substituents is 1. The predicted octanol–water partition coefficient (Wildman–Crippen LogP) is 2.32. The summed E-state index contributed by atoms with van der Waals surface area (Å²) in [7, 11) is 0. The molecule has 0 spiro atoms. The van der Waals surface area contributed by atoms with E-state index < -0.39 is 24.6 Å². The lowest BCUT2D eigenvalue weighted by molar-refractivity contribution is -0.170. The number of phenols is 1. The first-order chi connectivity index (χ1) is 15.9. The monoisotopic (exact) mass is 451 g/mol. The molecule has 0 fully saturated rings. The fourth-order valence-corrected chi connectivity index (χ4v) is 4.38. The van der Waals surface area contributed by atoms with Crippen molar-refractivity contribution in [2.24, 2.45) is 5.73 Å². The molecule has 0 saturated carbocycles. The molecule has 0 aliphatic carbocycles. The van der Waals surface area contributed by atoms with E-state index in [1.54, 1.807) is 28.8 Å². The highest BCUT2D eigenvalue weighted by Crippen LogP contribution is 2.39. The van der Waals surface area contributed by atoms with Crippen molar-refractivity contribution in [1.82, 2.24) is 9.55 Å². The SMILES string of the molecule is CC.CCc1c2c(nc3ccc(O)cc13)-c1cc3c(c(=O)n1C2)COC(=O)[C@H]3OC(=O)CN. The largest absolute Gasteiger partial charge is 0.508 e. The normalized spacial score (nSPS) is 15.6. The van der Waals surface area contributed by atoms with Gasteiger partial charge in [0.2, 0.25) is 6.10 Å². The summed E-state index contributed by atoms with van der Waals surface area (Å²) in [5.41, 5.74) is 9.33. The highest BCUT2D eigenvalue weighted by molar-refractivity contribution is 5.89. The third kappa shape index (κ3) is 3.54. The molecule has 5 rings (SSSR count). The van der Waals surface area contributed by atoms with Crippen molar-refractivity contribution < 1.29 is 24.2 Å². The summed E-state index contributed by atoms with van der Waals surface area (Å²) < 4.78 is 11.9. The highest BCUT2D eigenvalue weighted by Gasteiger charge is 2.37. The van der Waals surface area contributed by atoms with Crippen LogP contribution in [0.2, 0.25) is 0 Å². The van der Waals surface area contributed by atoms with Crippen LogP contribution in [0.1, 0.15) is 49.1 Å². The van der Waals surface area contributed by atoms with Gasteiger partial charge in [-0.3, -0.25) is 9.59 Å². The summed E-state index contributed by atoms with van der Waals surface area (Å²) >= 11 is 0. The Morgan fingerprint density at radius 3 is 2.73 bits per heavy atom. The molecular formula is C24H25N3O6. The Balaban J connectivity index is 0.00000126. The minimum Gasteiger partial charge on any atom is -0.508 e. The molecule has 1 aromatic carbocycles. The van der Waals surface area contributed by atoms with Crippen molar-refractivity contribution in [1.29, 1.82) is 0 Å². The second-order valence-corrected chi connectivity index (χ2v) is 7.51. The van der Waals surface area contributed by atoms with Crippen LogP contribution in [0.5, 0.6) is 5.75 Å². The van der Waals surface area contributed by atoms with Gasteiger partial charge in [-0.2, -0.15) is 0 Å². The van der Waals surface area contributed by atoms with E-state index in [0.29, 0.717) is 35.4 Å². The summed E-state index contributed by atoms with van der Waals surface area (Å²) in [5, 5.41) is 10.8. The average molecular weight is 451 g/mol. The van der Waals surface area contributed by atoms with Gasteiger partial charge in [0.05, 0.1) is 35.6 Å². The van der Waals surface area contributed by atoms with Gasteiger partial charge in [-0.05, 0) is 36.2 Å². The maximum absolute atomic E-state index is 13.3. The van der Waals surface area contributed by atoms with E-state index in [2.05, 4.69) is 0 Å². The highest BCUT2D eigenvalue weighted by atomic mass is 16.6. The number of fused-ring (bicyclic) bond motifs is 5. The minimum atomic E-state index is -1.34. The number of aromatic hydroxyl groups is 1. The second kappa shape index (κ2) is 8.67. The van der Waals surface area contributed by atoms with Crippen LogP contribution < -0.4 is 11.3 Å². The summed E-state index contributed by atoms with van der Waals surface area (Å²) in [6.45, 7) is 5.74. The number of rotatable bonds is 3. The first-order valence-electron chi connectivity index (χ1n) is 10.9. The molecule has 4 heterocycles. The van der Waals surface area contributed by atoms with E-state index in [-0.39, 0.29) is 23.5 Å². The topological polar surface area (TPSA) is 134 Å². The third-order valence-corrected chi connectivity index (χ3v) is 5.81. The van der Waals surface area contributed by atoms with Gasteiger partial charge in [0.15, 0.2) is 0 Å². The molecule has 0 radical (unpaired) electrons. The number of nitrogens with two attached hydrogens (primary N) is 1. The van der Waals surface area contributed by atoms with Crippen molar-refractivity contribution in [3.63, 3.8) is 0 Å². The lowest BCUT2D eigenvalue weighted by Crippen LogP contribution is -2.35. The summed E-state index contributed by atoms with van der Waals surface area (Å²) in [6, 6.07) is 6.64. The Hall–Kier alpha value is -3.72. The first kappa shape index (κ1) is 22.5. The second-order valence-electron chi connectivity index (χ2n) is 7.51. The van der Waals surface area contributed by atoms with Gasteiger partial charge in [-0.1, -0.05) is 20.8 Å². The van der Waals surface area contributed by atoms with Gasteiger partial charge in [0.25, 0.3) is 5.56 Å². The zero-order chi connectivity index (χ0) is 23.9. The number of ether oxygens (including phenoxy) is 2. The van der Waals surface area contributed by atoms with Crippen molar-refractivity contribution >= 4 is 22.8 Å². The predicted molar refractivity (Wildman–Crippen MR) is 121 cm³/mol. The molecule has 9 heteroatoms. The van der Waals surface area contributed by atoms with Crippen molar-refractivity contribution in [3.05, 3.63) is 56.9 Å². The zero-order valence-electron chi connectivity index (χ0n) is 18.7. The number of carbonyl (C=O) groups is 2. The number of aromatic nitrogens is 2. The van der Waals surface area contributed by atoms with Crippen molar-refractivity contribution in [3.8, 4) is 17.1 Å². The van der Waals surface area contributed by atoms with Crippen LogP contribution in [0.3, 0.4) is 0 Å². The molecule has 0 amide bonds.